The molecule has 146 valence electrons. The molecule has 0 atom stereocenters. The van der Waals surface area contributed by atoms with Crippen LogP contribution in [0.5, 0.6) is 5.75 Å². The molecule has 0 aliphatic carbocycles. The molecule has 2 heterocycles. The van der Waals surface area contributed by atoms with Gasteiger partial charge in [0.1, 0.15) is 5.75 Å². The van der Waals surface area contributed by atoms with Crippen molar-refractivity contribution in [3.8, 4) is 5.75 Å². The van der Waals surface area contributed by atoms with Gasteiger partial charge in [0, 0.05) is 13.1 Å². The normalized spacial score (nSPS) is 14.4. The van der Waals surface area contributed by atoms with E-state index in [0.29, 0.717) is 35.5 Å². The van der Waals surface area contributed by atoms with Crippen LogP contribution in [0.2, 0.25) is 0 Å². The summed E-state index contributed by atoms with van der Waals surface area (Å²) in [5.74, 6) is 0.158. The lowest BCUT2D eigenvalue weighted by atomic mass is 10.2. The fourth-order valence-corrected chi connectivity index (χ4v) is 4.34. The third-order valence-electron chi connectivity index (χ3n) is 4.70. The number of fused-ring (bicyclic) bond motifs is 1. The molecule has 4 rings (SSSR count). The molecule has 8 nitrogen and oxygen atoms in total. The van der Waals surface area contributed by atoms with Gasteiger partial charge in [0.15, 0.2) is 11.3 Å². The first-order valence-electron chi connectivity index (χ1n) is 8.84. The largest absolute Gasteiger partial charge is 0.495 e. The van der Waals surface area contributed by atoms with E-state index in [9.17, 15) is 13.2 Å². The van der Waals surface area contributed by atoms with Crippen LogP contribution in [0.25, 0.3) is 11.0 Å². The van der Waals surface area contributed by atoms with Gasteiger partial charge in [-0.15, -0.1) is 0 Å². The second kappa shape index (κ2) is 7.16. The molecule has 9 heteroatoms. The zero-order chi connectivity index (χ0) is 19.7. The molecule has 2 aromatic carbocycles. The number of aromatic nitrogens is 1. The zero-order valence-electron chi connectivity index (χ0n) is 15.2. The maximum absolute atomic E-state index is 12.9. The average Bonchev–Trinajstić information content (AvgIpc) is 3.37. The number of carbonyl (C=O) groups excluding carboxylic acids is 1. The molecule has 28 heavy (non-hydrogen) atoms. The van der Waals surface area contributed by atoms with Gasteiger partial charge >= 0.3 is 0 Å². The predicted molar refractivity (Wildman–Crippen MR) is 103 cm³/mol. The minimum atomic E-state index is -3.90. The number of carbonyl (C=O) groups is 1. The number of hydrogen-bond donors (Lipinski definition) is 1. The third kappa shape index (κ3) is 3.29. The van der Waals surface area contributed by atoms with E-state index >= 15 is 0 Å². The Balaban J connectivity index is 1.70. The molecule has 0 saturated carbocycles. The van der Waals surface area contributed by atoms with Crippen LogP contribution in [0.3, 0.4) is 0 Å². The molecule has 0 spiro atoms. The molecule has 0 radical (unpaired) electrons. The number of nitrogens with one attached hydrogen (secondary N) is 1. The fraction of sp³-hybridized carbons (Fsp3) is 0.263. The standard InChI is InChI=1S/C19H19N3O5S/c1-26-17-7-3-2-6-15(17)21-28(24,25)13-8-9-16-14(12-13)18(20-27-16)19(23)22-10-4-5-11-22/h2-3,6-9,12,21H,4-5,10-11H2,1H3. The number of nitrogens with zero attached hydrogens (tertiary/aromatic N) is 2. The number of hydrogen-bond acceptors (Lipinski definition) is 6. The van der Waals surface area contributed by atoms with Gasteiger partial charge in [-0.25, -0.2) is 8.42 Å². The van der Waals surface area contributed by atoms with E-state index in [4.69, 9.17) is 9.26 Å². The van der Waals surface area contributed by atoms with Crippen molar-refractivity contribution in [2.45, 2.75) is 17.7 Å². The smallest absolute Gasteiger partial charge is 0.276 e. The topological polar surface area (TPSA) is 102 Å². The molecule has 1 amide bonds. The van der Waals surface area contributed by atoms with Crippen molar-refractivity contribution >= 4 is 32.6 Å². The zero-order valence-corrected chi connectivity index (χ0v) is 16.0. The van der Waals surface area contributed by atoms with Crippen molar-refractivity contribution in [2.24, 2.45) is 0 Å². The van der Waals surface area contributed by atoms with Gasteiger partial charge in [-0.1, -0.05) is 17.3 Å². The number of amides is 1. The lowest BCUT2D eigenvalue weighted by Crippen LogP contribution is -2.28. The second-order valence-electron chi connectivity index (χ2n) is 6.49. The maximum atomic E-state index is 12.9. The number of rotatable bonds is 5. The highest BCUT2D eigenvalue weighted by Gasteiger charge is 2.26. The molecular formula is C19H19N3O5S. The van der Waals surface area contributed by atoms with E-state index in [1.165, 1.54) is 25.3 Å². The quantitative estimate of drug-likeness (QED) is 0.705. The summed E-state index contributed by atoms with van der Waals surface area (Å²) in [6.07, 6.45) is 1.90. The number of anilines is 1. The number of ether oxygens (including phenoxy) is 1. The Bertz CT molecular complexity index is 1130. The summed E-state index contributed by atoms with van der Waals surface area (Å²) in [4.78, 5) is 14.4. The summed E-state index contributed by atoms with van der Waals surface area (Å²) in [5.41, 5.74) is 0.814. The van der Waals surface area contributed by atoms with E-state index < -0.39 is 10.0 Å². The lowest BCUT2D eigenvalue weighted by molar-refractivity contribution is 0.0784. The van der Waals surface area contributed by atoms with Crippen LogP contribution < -0.4 is 9.46 Å². The number of sulfonamides is 1. The third-order valence-corrected chi connectivity index (χ3v) is 6.06. The van der Waals surface area contributed by atoms with E-state index in [2.05, 4.69) is 9.88 Å². The average molecular weight is 401 g/mol. The van der Waals surface area contributed by atoms with Crippen LogP contribution in [0.1, 0.15) is 23.3 Å². The Morgan fingerprint density at radius 2 is 1.93 bits per heavy atom. The summed E-state index contributed by atoms with van der Waals surface area (Å²) in [6, 6.07) is 11.0. The van der Waals surface area contributed by atoms with Crippen LogP contribution in [0.15, 0.2) is 51.9 Å². The molecule has 0 bridgehead atoms. The van der Waals surface area contributed by atoms with E-state index in [1.54, 1.807) is 29.2 Å². The maximum Gasteiger partial charge on any atom is 0.276 e. The van der Waals surface area contributed by atoms with E-state index in [0.717, 1.165) is 12.8 Å². The number of benzene rings is 2. The van der Waals surface area contributed by atoms with Gasteiger partial charge < -0.3 is 14.2 Å². The van der Waals surface area contributed by atoms with Gasteiger partial charge in [-0.05, 0) is 43.2 Å². The molecule has 1 aliphatic heterocycles. The minimum Gasteiger partial charge on any atom is -0.495 e. The first-order valence-corrected chi connectivity index (χ1v) is 10.3. The van der Waals surface area contributed by atoms with Crippen LogP contribution in [-0.4, -0.2) is 44.6 Å². The molecule has 3 aromatic rings. The first kappa shape index (κ1) is 18.3. The number of likely N-dealkylation sites (tertiary alicyclic amines) is 1. The van der Waals surface area contributed by atoms with Crippen molar-refractivity contribution in [1.29, 1.82) is 0 Å². The van der Waals surface area contributed by atoms with Crippen LogP contribution in [-0.2, 0) is 10.0 Å². The van der Waals surface area contributed by atoms with Crippen LogP contribution in [0, 0.1) is 0 Å². The Morgan fingerprint density at radius 3 is 2.68 bits per heavy atom. The van der Waals surface area contributed by atoms with E-state index in [1.807, 2.05) is 0 Å². The Labute approximate surface area is 162 Å². The summed E-state index contributed by atoms with van der Waals surface area (Å²) < 4.78 is 38.6. The van der Waals surface area contributed by atoms with Gasteiger partial charge in [0.05, 0.1) is 23.1 Å². The summed E-state index contributed by atoms with van der Waals surface area (Å²) >= 11 is 0. The number of para-hydroxylation sites is 2. The monoisotopic (exact) mass is 401 g/mol. The Kier molecular flexibility index (Phi) is 4.68. The number of methoxy groups -OCH3 is 1. The van der Waals surface area contributed by atoms with Gasteiger partial charge in [0.2, 0.25) is 0 Å². The Hall–Kier alpha value is -3.07. The van der Waals surface area contributed by atoms with Crippen molar-refractivity contribution < 1.29 is 22.5 Å². The molecular weight excluding hydrogens is 382 g/mol. The van der Waals surface area contributed by atoms with E-state index in [-0.39, 0.29) is 16.5 Å². The molecule has 1 aliphatic rings. The van der Waals surface area contributed by atoms with Crippen LogP contribution in [0.4, 0.5) is 5.69 Å². The second-order valence-corrected chi connectivity index (χ2v) is 8.18. The summed E-state index contributed by atoms with van der Waals surface area (Å²) in [5, 5.41) is 4.25. The highest BCUT2D eigenvalue weighted by atomic mass is 32.2. The highest BCUT2D eigenvalue weighted by molar-refractivity contribution is 7.92. The molecule has 0 unspecified atom stereocenters. The SMILES string of the molecule is COc1ccccc1NS(=O)(=O)c1ccc2onc(C(=O)N3CCCC3)c2c1. The first-order chi connectivity index (χ1) is 13.5. The van der Waals surface area contributed by atoms with Crippen molar-refractivity contribution in [1.82, 2.24) is 10.1 Å². The minimum absolute atomic E-state index is 0.00424. The van der Waals surface area contributed by atoms with Crippen molar-refractivity contribution in [3.05, 3.63) is 48.2 Å². The molecule has 1 fully saturated rings. The summed E-state index contributed by atoms with van der Waals surface area (Å²) in [7, 11) is -2.44. The molecule has 1 N–H and O–H groups in total. The van der Waals surface area contributed by atoms with Crippen molar-refractivity contribution in [3.63, 3.8) is 0 Å². The van der Waals surface area contributed by atoms with Crippen molar-refractivity contribution in [2.75, 3.05) is 24.9 Å². The lowest BCUT2D eigenvalue weighted by Gasteiger charge is -2.13. The van der Waals surface area contributed by atoms with Crippen LogP contribution >= 0.6 is 0 Å². The van der Waals surface area contributed by atoms with Gasteiger partial charge in [0.25, 0.3) is 15.9 Å². The molecule has 1 saturated heterocycles. The Morgan fingerprint density at radius 1 is 1.18 bits per heavy atom. The van der Waals surface area contributed by atoms with Gasteiger partial charge in [-0.2, -0.15) is 0 Å². The molecule has 1 aromatic heterocycles. The summed E-state index contributed by atoms with van der Waals surface area (Å²) in [6.45, 7) is 1.33. The van der Waals surface area contributed by atoms with Gasteiger partial charge in [-0.3, -0.25) is 9.52 Å². The predicted octanol–water partition coefficient (Wildman–Crippen LogP) is 2.87. The fourth-order valence-electron chi connectivity index (χ4n) is 3.24. The highest BCUT2D eigenvalue weighted by Crippen LogP contribution is 2.28.